The van der Waals surface area contributed by atoms with Crippen LogP contribution < -0.4 is 9.64 Å². The molecule has 38 heavy (non-hydrogen) atoms. The first-order valence-corrected chi connectivity index (χ1v) is 15.3. The van der Waals surface area contributed by atoms with Crippen LogP contribution in [0.2, 0.25) is 0 Å². The fraction of sp³-hybridized carbons (Fsp3) is 0.538. The molecule has 1 unspecified atom stereocenters. The highest BCUT2D eigenvalue weighted by Crippen LogP contribution is 2.44. The lowest BCUT2D eigenvalue weighted by molar-refractivity contribution is -0.126. The zero-order valence-corrected chi connectivity index (χ0v) is 23.1. The van der Waals surface area contributed by atoms with Crippen LogP contribution in [0.25, 0.3) is 10.2 Å². The smallest absolute Gasteiger partial charge is 0.393 e. The Kier molecular flexibility index (Phi) is 7.34. The first-order chi connectivity index (χ1) is 18.0. The normalized spacial score (nSPS) is 20.7. The van der Waals surface area contributed by atoms with Crippen molar-refractivity contribution >= 4 is 37.2 Å². The van der Waals surface area contributed by atoms with Crippen molar-refractivity contribution < 1.29 is 26.3 Å². The number of thiophene rings is 1. The Morgan fingerprint density at radius 1 is 1.08 bits per heavy atom. The molecule has 2 saturated heterocycles. The van der Waals surface area contributed by atoms with E-state index in [0.29, 0.717) is 16.0 Å². The standard InChI is InChI=1S/C26H31F3N4O3S2/c1-3-38(34,35)15-19-6-4-18(5-7-19)14-32-10-8-25(16-32)9-11-33(17-25)22-21-12-20(13-26(27,28)29)37-23(21)31-24(30-22)36-2/h4-7,12H,3,8-11,13-17H2,1-2H3. The van der Waals surface area contributed by atoms with Crippen LogP contribution in [-0.2, 0) is 28.6 Å². The third-order valence-electron chi connectivity index (χ3n) is 7.47. The van der Waals surface area contributed by atoms with E-state index in [1.165, 1.54) is 7.11 Å². The van der Waals surface area contributed by atoms with E-state index in [0.717, 1.165) is 68.0 Å². The van der Waals surface area contributed by atoms with E-state index in [1.54, 1.807) is 13.0 Å². The van der Waals surface area contributed by atoms with Crippen LogP contribution >= 0.6 is 11.3 Å². The number of aromatic nitrogens is 2. The fourth-order valence-corrected chi connectivity index (χ4v) is 7.47. The van der Waals surface area contributed by atoms with Gasteiger partial charge in [0.2, 0.25) is 0 Å². The maximum atomic E-state index is 13.0. The third-order valence-corrected chi connectivity index (χ3v) is 10.2. The lowest BCUT2D eigenvalue weighted by Gasteiger charge is -2.25. The molecule has 12 heteroatoms. The number of rotatable bonds is 8. The van der Waals surface area contributed by atoms with Crippen LogP contribution in [0.3, 0.4) is 0 Å². The van der Waals surface area contributed by atoms with Gasteiger partial charge in [-0.15, -0.1) is 11.3 Å². The van der Waals surface area contributed by atoms with Gasteiger partial charge in [-0.3, -0.25) is 4.90 Å². The van der Waals surface area contributed by atoms with Crippen molar-refractivity contribution in [1.29, 1.82) is 0 Å². The maximum Gasteiger partial charge on any atom is 0.393 e. The number of methoxy groups -OCH3 is 1. The summed E-state index contributed by atoms with van der Waals surface area (Å²) in [4.78, 5) is 14.2. The van der Waals surface area contributed by atoms with Crippen molar-refractivity contribution in [3.8, 4) is 6.01 Å². The molecule has 7 nitrogen and oxygen atoms in total. The van der Waals surface area contributed by atoms with Gasteiger partial charge in [-0.1, -0.05) is 31.2 Å². The van der Waals surface area contributed by atoms with E-state index in [2.05, 4.69) is 19.8 Å². The number of alkyl halides is 3. The van der Waals surface area contributed by atoms with Crippen LogP contribution in [-0.4, -0.2) is 68.5 Å². The van der Waals surface area contributed by atoms with Crippen LogP contribution in [0.5, 0.6) is 6.01 Å². The van der Waals surface area contributed by atoms with Crippen LogP contribution in [0.1, 0.15) is 35.8 Å². The number of sulfone groups is 1. The molecule has 0 N–H and O–H groups in total. The molecule has 1 spiro atoms. The van der Waals surface area contributed by atoms with Gasteiger partial charge in [0.15, 0.2) is 9.84 Å². The monoisotopic (exact) mass is 568 g/mol. The number of benzene rings is 1. The third kappa shape index (κ3) is 6.07. The summed E-state index contributed by atoms with van der Waals surface area (Å²) in [7, 11) is -1.59. The Hall–Kier alpha value is -2.44. The van der Waals surface area contributed by atoms with E-state index < -0.39 is 22.4 Å². The van der Waals surface area contributed by atoms with Crippen molar-refractivity contribution in [3.63, 3.8) is 0 Å². The van der Waals surface area contributed by atoms with E-state index in [4.69, 9.17) is 4.74 Å². The van der Waals surface area contributed by atoms with Crippen molar-refractivity contribution in [2.75, 3.05) is 43.9 Å². The molecular weight excluding hydrogens is 537 g/mol. The Labute approximate surface area is 224 Å². The van der Waals surface area contributed by atoms with Crippen LogP contribution in [0.15, 0.2) is 30.3 Å². The molecule has 206 valence electrons. The average Bonchev–Trinajstić information content (AvgIpc) is 3.57. The molecule has 2 aliphatic heterocycles. The number of fused-ring (bicyclic) bond motifs is 1. The van der Waals surface area contributed by atoms with E-state index in [1.807, 2.05) is 24.3 Å². The van der Waals surface area contributed by atoms with E-state index in [-0.39, 0.29) is 27.8 Å². The summed E-state index contributed by atoms with van der Waals surface area (Å²) < 4.78 is 68.1. The van der Waals surface area contributed by atoms with Crippen LogP contribution in [0.4, 0.5) is 19.0 Å². The second kappa shape index (κ2) is 10.3. The summed E-state index contributed by atoms with van der Waals surface area (Å²) >= 11 is 1.04. The van der Waals surface area contributed by atoms with Crippen molar-refractivity contribution in [1.82, 2.24) is 14.9 Å². The second-order valence-corrected chi connectivity index (χ2v) is 13.9. The highest BCUT2D eigenvalue weighted by Gasteiger charge is 2.44. The first kappa shape index (κ1) is 27.1. The highest BCUT2D eigenvalue weighted by atomic mass is 32.2. The topological polar surface area (TPSA) is 75.6 Å². The molecule has 4 heterocycles. The minimum Gasteiger partial charge on any atom is -0.467 e. The number of ether oxygens (including phenoxy) is 1. The molecule has 1 aromatic carbocycles. The number of hydrogen-bond acceptors (Lipinski definition) is 8. The molecule has 5 rings (SSSR count). The van der Waals surface area contributed by atoms with Crippen molar-refractivity contribution in [3.05, 3.63) is 46.3 Å². The molecule has 0 amide bonds. The van der Waals surface area contributed by atoms with Gasteiger partial charge < -0.3 is 9.64 Å². The molecule has 3 aromatic rings. The van der Waals surface area contributed by atoms with Crippen molar-refractivity contribution in [2.45, 2.75) is 44.7 Å². The van der Waals surface area contributed by atoms with E-state index >= 15 is 0 Å². The van der Waals surface area contributed by atoms with Gasteiger partial charge >= 0.3 is 12.2 Å². The van der Waals surface area contributed by atoms with Gasteiger partial charge in [-0.05, 0) is 36.6 Å². The predicted octanol–water partition coefficient (Wildman–Crippen LogP) is 4.84. The largest absolute Gasteiger partial charge is 0.467 e. The van der Waals surface area contributed by atoms with Gasteiger partial charge in [0.05, 0.1) is 24.7 Å². The Morgan fingerprint density at radius 2 is 1.79 bits per heavy atom. The lowest BCUT2D eigenvalue weighted by Crippen LogP contribution is -2.31. The summed E-state index contributed by atoms with van der Waals surface area (Å²) in [5.41, 5.74) is 2.04. The summed E-state index contributed by atoms with van der Waals surface area (Å²) in [6.45, 7) is 5.87. The lowest BCUT2D eigenvalue weighted by atomic mass is 9.86. The molecule has 0 bridgehead atoms. The average molecular weight is 569 g/mol. The van der Waals surface area contributed by atoms with Gasteiger partial charge in [-0.25, -0.2) is 8.42 Å². The van der Waals surface area contributed by atoms with Crippen LogP contribution in [0, 0.1) is 5.41 Å². The molecule has 2 aliphatic rings. The van der Waals surface area contributed by atoms with E-state index in [9.17, 15) is 21.6 Å². The molecular formula is C26H31F3N4O3S2. The van der Waals surface area contributed by atoms with Gasteiger partial charge in [0.25, 0.3) is 0 Å². The summed E-state index contributed by atoms with van der Waals surface area (Å²) in [6, 6.07) is 9.54. The predicted molar refractivity (Wildman–Crippen MR) is 142 cm³/mol. The fourth-order valence-electron chi connectivity index (χ4n) is 5.52. The molecule has 0 radical (unpaired) electrons. The van der Waals surface area contributed by atoms with Crippen molar-refractivity contribution in [2.24, 2.45) is 5.41 Å². The first-order valence-electron chi connectivity index (χ1n) is 12.6. The molecule has 2 aromatic heterocycles. The second-order valence-electron chi connectivity index (χ2n) is 10.4. The summed E-state index contributed by atoms with van der Waals surface area (Å²) in [6.07, 6.45) is -3.25. The molecule has 0 aliphatic carbocycles. The number of halogens is 3. The van der Waals surface area contributed by atoms with Gasteiger partial charge in [0.1, 0.15) is 10.6 Å². The maximum absolute atomic E-state index is 13.0. The summed E-state index contributed by atoms with van der Waals surface area (Å²) in [5, 5.41) is 0.645. The molecule has 0 saturated carbocycles. The Bertz CT molecular complexity index is 1410. The number of hydrogen-bond donors (Lipinski definition) is 0. The van der Waals surface area contributed by atoms with Gasteiger partial charge in [-0.2, -0.15) is 23.1 Å². The molecule has 2 fully saturated rings. The number of likely N-dealkylation sites (tertiary alicyclic amines) is 1. The van der Waals surface area contributed by atoms with Gasteiger partial charge in [0, 0.05) is 42.2 Å². The minimum absolute atomic E-state index is 0.0648. The zero-order valence-electron chi connectivity index (χ0n) is 21.4. The zero-order chi connectivity index (χ0) is 27.1. The SMILES string of the molecule is CCS(=O)(=O)Cc1ccc(CN2CCC3(CCN(c4nc(OC)nc5sc(CC(F)(F)F)cc45)C3)C2)cc1. The summed E-state index contributed by atoms with van der Waals surface area (Å²) in [5.74, 6) is 0.843. The Balaban J connectivity index is 1.27. The Morgan fingerprint density at radius 3 is 2.47 bits per heavy atom. The highest BCUT2D eigenvalue weighted by molar-refractivity contribution is 7.90. The number of nitrogens with zero attached hydrogens (tertiary/aromatic N) is 4. The molecule has 1 atom stereocenters. The quantitative estimate of drug-likeness (QED) is 0.385. The minimum atomic E-state index is -4.28. The number of anilines is 1.